The average Bonchev–Trinajstić information content (AvgIpc) is 2.44. The Labute approximate surface area is 124 Å². The Morgan fingerprint density at radius 2 is 1.95 bits per heavy atom. The van der Waals surface area contributed by atoms with Crippen LogP contribution in [0.1, 0.15) is 12.0 Å². The zero-order valence-corrected chi connectivity index (χ0v) is 12.6. The second-order valence-electron chi connectivity index (χ2n) is 4.66. The second kappa shape index (κ2) is 8.08. The number of hydrogen-bond donors (Lipinski definition) is 3. The largest absolute Gasteiger partial charge is 0.481 e. The van der Waals surface area contributed by atoms with Gasteiger partial charge in [0, 0.05) is 13.6 Å². The number of carbonyl (C=O) groups is 1. The van der Waals surface area contributed by atoms with Crippen molar-refractivity contribution in [1.29, 1.82) is 0 Å². The van der Waals surface area contributed by atoms with Gasteiger partial charge < -0.3 is 10.2 Å². The maximum Gasteiger partial charge on any atom is 0.304 e. The lowest BCUT2D eigenvalue weighted by atomic mass is 10.1. The molecule has 1 rings (SSSR count). The van der Waals surface area contributed by atoms with Gasteiger partial charge in [0.15, 0.2) is 0 Å². The van der Waals surface area contributed by atoms with Crippen molar-refractivity contribution in [2.45, 2.75) is 18.9 Å². The first-order valence-corrected chi connectivity index (χ1v) is 7.89. The van der Waals surface area contributed by atoms with Gasteiger partial charge in [0.25, 0.3) is 10.2 Å². The Hall–Kier alpha value is -1.48. The molecule has 0 unspecified atom stereocenters. The topological polar surface area (TPSA) is 107 Å². The fourth-order valence-electron chi connectivity index (χ4n) is 1.72. The summed E-state index contributed by atoms with van der Waals surface area (Å²) in [7, 11) is -2.53. The van der Waals surface area contributed by atoms with Crippen LogP contribution in [0, 0.1) is 0 Å². The first-order valence-electron chi connectivity index (χ1n) is 6.45. The maximum absolute atomic E-state index is 12.0. The quantitative estimate of drug-likeness (QED) is 0.586. The van der Waals surface area contributed by atoms with Crippen LogP contribution in [0.4, 0.5) is 0 Å². The number of benzene rings is 1. The highest BCUT2D eigenvalue weighted by Gasteiger charge is 2.22. The summed E-state index contributed by atoms with van der Waals surface area (Å²) in [6.07, 6.45) is 0.0726. The number of carboxylic acids is 1. The molecule has 118 valence electrons. The van der Waals surface area contributed by atoms with E-state index in [1.807, 2.05) is 30.3 Å². The van der Waals surface area contributed by atoms with Gasteiger partial charge in [-0.3, -0.25) is 4.79 Å². The molecule has 0 amide bonds. The molecule has 0 saturated heterocycles. The van der Waals surface area contributed by atoms with Crippen LogP contribution in [0.5, 0.6) is 0 Å². The minimum Gasteiger partial charge on any atom is -0.481 e. The Morgan fingerprint density at radius 3 is 2.48 bits per heavy atom. The molecule has 21 heavy (non-hydrogen) atoms. The minimum absolute atomic E-state index is 0.131. The third-order valence-corrected chi connectivity index (χ3v) is 4.55. The van der Waals surface area contributed by atoms with Crippen molar-refractivity contribution in [2.24, 2.45) is 0 Å². The van der Waals surface area contributed by atoms with Crippen LogP contribution in [0.2, 0.25) is 0 Å². The fraction of sp³-hybridized carbons (Fsp3) is 0.462. The zero-order chi connectivity index (χ0) is 15.9. The molecule has 0 aromatic heterocycles. The van der Waals surface area contributed by atoms with E-state index in [-0.39, 0.29) is 19.6 Å². The molecule has 3 N–H and O–H groups in total. The molecule has 0 bridgehead atoms. The SMILES string of the molecule is CN(CCC(=O)O)S(=O)(=O)N[C@H](CO)Cc1ccccc1. The smallest absolute Gasteiger partial charge is 0.304 e. The van der Waals surface area contributed by atoms with Crippen LogP contribution >= 0.6 is 0 Å². The molecule has 1 aromatic carbocycles. The lowest BCUT2D eigenvalue weighted by molar-refractivity contribution is -0.137. The number of rotatable bonds is 9. The van der Waals surface area contributed by atoms with E-state index < -0.39 is 22.2 Å². The third-order valence-electron chi connectivity index (χ3n) is 2.91. The van der Waals surface area contributed by atoms with E-state index in [9.17, 15) is 18.3 Å². The highest BCUT2D eigenvalue weighted by Crippen LogP contribution is 2.05. The third kappa shape index (κ3) is 6.21. The van der Waals surface area contributed by atoms with E-state index in [0.29, 0.717) is 6.42 Å². The Kier molecular flexibility index (Phi) is 6.76. The predicted molar refractivity (Wildman–Crippen MR) is 78.0 cm³/mol. The van der Waals surface area contributed by atoms with Gasteiger partial charge in [-0.2, -0.15) is 17.4 Å². The van der Waals surface area contributed by atoms with Gasteiger partial charge in [-0.1, -0.05) is 30.3 Å². The van der Waals surface area contributed by atoms with Gasteiger partial charge in [0.05, 0.1) is 19.1 Å². The summed E-state index contributed by atoms with van der Waals surface area (Å²) in [5.41, 5.74) is 0.896. The van der Waals surface area contributed by atoms with Crippen molar-refractivity contribution >= 4 is 16.2 Å². The van der Waals surface area contributed by atoms with Crippen LogP contribution in [-0.2, 0) is 21.4 Å². The molecule has 1 aromatic rings. The molecular weight excluding hydrogens is 296 g/mol. The summed E-state index contributed by atoms with van der Waals surface area (Å²) < 4.78 is 27.3. The van der Waals surface area contributed by atoms with Crippen LogP contribution in [0.3, 0.4) is 0 Å². The van der Waals surface area contributed by atoms with E-state index in [0.717, 1.165) is 9.87 Å². The van der Waals surface area contributed by atoms with Crippen molar-refractivity contribution in [3.05, 3.63) is 35.9 Å². The first-order chi connectivity index (χ1) is 9.85. The molecule has 0 aliphatic carbocycles. The van der Waals surface area contributed by atoms with Gasteiger partial charge in [-0.05, 0) is 12.0 Å². The number of nitrogens with zero attached hydrogens (tertiary/aromatic N) is 1. The van der Waals surface area contributed by atoms with Crippen LogP contribution in [0.25, 0.3) is 0 Å². The van der Waals surface area contributed by atoms with E-state index >= 15 is 0 Å². The van der Waals surface area contributed by atoms with Gasteiger partial charge in [-0.15, -0.1) is 0 Å². The zero-order valence-electron chi connectivity index (χ0n) is 11.8. The number of aliphatic hydroxyl groups is 1. The molecule has 1 atom stereocenters. The summed E-state index contributed by atoms with van der Waals surface area (Å²) in [6, 6.07) is 8.52. The maximum atomic E-state index is 12.0. The van der Waals surface area contributed by atoms with Crippen molar-refractivity contribution in [2.75, 3.05) is 20.2 Å². The number of aliphatic carboxylic acids is 1. The molecule has 0 spiro atoms. The Bertz CT molecular complexity index is 547. The Morgan fingerprint density at radius 1 is 1.33 bits per heavy atom. The molecule has 0 aliphatic heterocycles. The summed E-state index contributed by atoms with van der Waals surface area (Å²) >= 11 is 0. The van der Waals surface area contributed by atoms with Crippen LogP contribution in [0.15, 0.2) is 30.3 Å². The minimum atomic E-state index is -3.83. The van der Waals surface area contributed by atoms with Crippen molar-refractivity contribution in [3.8, 4) is 0 Å². The normalized spacial score (nSPS) is 13.3. The molecule has 0 fully saturated rings. The molecule has 7 nitrogen and oxygen atoms in total. The van der Waals surface area contributed by atoms with E-state index in [2.05, 4.69) is 4.72 Å². The summed E-state index contributed by atoms with van der Waals surface area (Å²) in [6.45, 7) is -0.477. The van der Waals surface area contributed by atoms with Gasteiger partial charge >= 0.3 is 5.97 Å². The molecule has 0 aliphatic rings. The predicted octanol–water partition coefficient (Wildman–Crippen LogP) is -0.169. The Balaban J connectivity index is 2.64. The molecular formula is C13H20N2O5S. The first kappa shape index (κ1) is 17.6. The highest BCUT2D eigenvalue weighted by molar-refractivity contribution is 7.87. The molecule has 0 heterocycles. The van der Waals surface area contributed by atoms with Gasteiger partial charge in [0.2, 0.25) is 0 Å². The van der Waals surface area contributed by atoms with Crippen LogP contribution < -0.4 is 4.72 Å². The lowest BCUT2D eigenvalue weighted by Crippen LogP contribution is -2.46. The summed E-state index contributed by atoms with van der Waals surface area (Å²) in [4.78, 5) is 10.5. The number of carboxylic acid groups (broad SMARTS) is 1. The van der Waals surface area contributed by atoms with Crippen molar-refractivity contribution in [3.63, 3.8) is 0 Å². The standard InChI is InChI=1S/C13H20N2O5S/c1-15(8-7-13(17)18)21(19,20)14-12(10-16)9-11-5-3-2-4-6-11/h2-6,12,14,16H,7-10H2,1H3,(H,17,18)/t12-/m0/s1. The van der Waals surface area contributed by atoms with Crippen LogP contribution in [-0.4, -0.2) is 55.1 Å². The van der Waals surface area contributed by atoms with Gasteiger partial charge in [0.1, 0.15) is 0 Å². The van der Waals surface area contributed by atoms with Crippen molar-refractivity contribution < 1.29 is 23.4 Å². The van der Waals surface area contributed by atoms with E-state index in [1.54, 1.807) is 0 Å². The average molecular weight is 316 g/mol. The van der Waals surface area contributed by atoms with Crippen molar-refractivity contribution in [1.82, 2.24) is 9.03 Å². The summed E-state index contributed by atoms with van der Waals surface area (Å²) in [5, 5.41) is 17.9. The number of nitrogens with one attached hydrogen (secondary N) is 1. The second-order valence-corrected chi connectivity index (χ2v) is 6.47. The molecule has 0 saturated carbocycles. The number of hydrogen-bond acceptors (Lipinski definition) is 4. The molecule has 0 radical (unpaired) electrons. The number of aliphatic hydroxyl groups excluding tert-OH is 1. The fourth-order valence-corrected chi connectivity index (χ4v) is 2.81. The van der Waals surface area contributed by atoms with Gasteiger partial charge in [-0.25, -0.2) is 0 Å². The highest BCUT2D eigenvalue weighted by atomic mass is 32.2. The molecule has 8 heteroatoms. The summed E-state index contributed by atoms with van der Waals surface area (Å²) in [5.74, 6) is -1.07. The van der Waals surface area contributed by atoms with E-state index in [1.165, 1.54) is 7.05 Å². The lowest BCUT2D eigenvalue weighted by Gasteiger charge is -2.21. The van der Waals surface area contributed by atoms with E-state index in [4.69, 9.17) is 5.11 Å². The monoisotopic (exact) mass is 316 g/mol.